The summed E-state index contributed by atoms with van der Waals surface area (Å²) in [6.45, 7) is -0.458. The summed E-state index contributed by atoms with van der Waals surface area (Å²) in [4.78, 5) is 12.7. The number of halogens is 4. The van der Waals surface area contributed by atoms with Gasteiger partial charge < -0.3 is 24.3 Å². The van der Waals surface area contributed by atoms with Crippen molar-refractivity contribution >= 4 is 17.5 Å². The largest absolute Gasteiger partial charge is 0.491 e. The van der Waals surface area contributed by atoms with Crippen molar-refractivity contribution in [3.8, 4) is 11.6 Å². The number of ether oxygens (including phenoxy) is 4. The predicted molar refractivity (Wildman–Crippen MR) is 111 cm³/mol. The Morgan fingerprint density at radius 2 is 2.09 bits per heavy atom. The Bertz CT molecular complexity index is 959. The van der Waals surface area contributed by atoms with E-state index in [0.717, 1.165) is 11.3 Å². The van der Waals surface area contributed by atoms with Crippen molar-refractivity contribution in [2.24, 2.45) is 0 Å². The highest BCUT2D eigenvalue weighted by Crippen LogP contribution is 2.28. The molecular weight excluding hydrogens is 467 g/mol. The van der Waals surface area contributed by atoms with Gasteiger partial charge in [-0.15, -0.1) is 0 Å². The van der Waals surface area contributed by atoms with Crippen LogP contribution in [0.3, 0.4) is 0 Å². The second kappa shape index (κ2) is 10.2. The average Bonchev–Trinajstić information content (AvgIpc) is 3.08. The highest BCUT2D eigenvalue weighted by Gasteiger charge is 2.28. The molecule has 0 radical (unpaired) electrons. The van der Waals surface area contributed by atoms with Gasteiger partial charge in [-0.1, -0.05) is 11.6 Å². The van der Waals surface area contributed by atoms with E-state index in [4.69, 9.17) is 25.8 Å². The third kappa shape index (κ3) is 6.52. The summed E-state index contributed by atoms with van der Waals surface area (Å²) in [5.41, 5.74) is 1.15. The quantitative estimate of drug-likeness (QED) is 0.602. The SMILES string of the molecule is O=C(N[C@H]1COc2ccc(Cl)cc2C1)c1cc2n(n1)CCC(OCCOCC(F)(F)F)CO2. The van der Waals surface area contributed by atoms with Gasteiger partial charge in [-0.05, 0) is 36.6 Å². The molecule has 4 rings (SSSR count). The molecule has 33 heavy (non-hydrogen) atoms. The summed E-state index contributed by atoms with van der Waals surface area (Å²) in [6, 6.07) is 6.73. The van der Waals surface area contributed by atoms with Gasteiger partial charge in [0.05, 0.1) is 25.4 Å². The van der Waals surface area contributed by atoms with Crippen molar-refractivity contribution < 1.29 is 36.9 Å². The van der Waals surface area contributed by atoms with Gasteiger partial charge in [-0.3, -0.25) is 4.79 Å². The zero-order valence-electron chi connectivity index (χ0n) is 17.6. The number of aryl methyl sites for hydroxylation is 1. The molecule has 1 aromatic heterocycles. The number of amides is 1. The van der Waals surface area contributed by atoms with E-state index in [0.29, 0.717) is 36.9 Å². The molecule has 180 valence electrons. The number of rotatable bonds is 7. The minimum absolute atomic E-state index is 0.0257. The Hall–Kier alpha value is -2.50. The number of alkyl halides is 3. The van der Waals surface area contributed by atoms with E-state index in [2.05, 4.69) is 15.2 Å². The number of hydrogen-bond acceptors (Lipinski definition) is 6. The fourth-order valence-electron chi connectivity index (χ4n) is 3.62. The average molecular weight is 490 g/mol. The van der Waals surface area contributed by atoms with E-state index in [1.807, 2.05) is 12.1 Å². The van der Waals surface area contributed by atoms with Crippen molar-refractivity contribution in [1.82, 2.24) is 15.1 Å². The van der Waals surface area contributed by atoms with Gasteiger partial charge in [-0.25, -0.2) is 4.68 Å². The molecule has 0 spiro atoms. The third-order valence-corrected chi connectivity index (χ3v) is 5.40. The molecule has 1 aromatic carbocycles. The second-order valence-corrected chi connectivity index (χ2v) is 8.23. The Labute approximate surface area is 192 Å². The van der Waals surface area contributed by atoms with Crippen molar-refractivity contribution in [2.75, 3.05) is 33.0 Å². The maximum absolute atomic E-state index is 12.7. The summed E-state index contributed by atoms with van der Waals surface area (Å²) in [5.74, 6) is 0.847. The number of hydrogen-bond donors (Lipinski definition) is 1. The Balaban J connectivity index is 1.24. The van der Waals surface area contributed by atoms with Crippen LogP contribution < -0.4 is 14.8 Å². The summed E-state index contributed by atoms with van der Waals surface area (Å²) in [7, 11) is 0. The minimum Gasteiger partial charge on any atom is -0.491 e. The van der Waals surface area contributed by atoms with Crippen molar-refractivity contribution in [2.45, 2.75) is 37.7 Å². The van der Waals surface area contributed by atoms with Crippen LogP contribution in [0, 0.1) is 0 Å². The van der Waals surface area contributed by atoms with Gasteiger partial charge in [0.2, 0.25) is 5.88 Å². The minimum atomic E-state index is -4.35. The molecule has 1 N–H and O–H groups in total. The van der Waals surface area contributed by atoms with Crippen LogP contribution in [-0.4, -0.2) is 67.0 Å². The molecule has 0 aliphatic carbocycles. The summed E-state index contributed by atoms with van der Waals surface area (Å²) < 4.78 is 59.2. The number of aromatic nitrogens is 2. The molecule has 2 aromatic rings. The van der Waals surface area contributed by atoms with E-state index in [9.17, 15) is 18.0 Å². The maximum Gasteiger partial charge on any atom is 0.411 e. The van der Waals surface area contributed by atoms with E-state index < -0.39 is 12.8 Å². The Kier molecular flexibility index (Phi) is 7.30. The molecule has 3 heterocycles. The van der Waals surface area contributed by atoms with Crippen LogP contribution >= 0.6 is 11.6 Å². The first-order valence-electron chi connectivity index (χ1n) is 10.5. The molecule has 1 amide bonds. The second-order valence-electron chi connectivity index (χ2n) is 7.79. The summed E-state index contributed by atoms with van der Waals surface area (Å²) in [5, 5.41) is 7.85. The van der Waals surface area contributed by atoms with Crippen LogP contribution in [0.25, 0.3) is 0 Å². The molecule has 0 saturated carbocycles. The van der Waals surface area contributed by atoms with Gasteiger partial charge >= 0.3 is 6.18 Å². The van der Waals surface area contributed by atoms with Crippen LogP contribution in [0.5, 0.6) is 11.6 Å². The third-order valence-electron chi connectivity index (χ3n) is 5.17. The van der Waals surface area contributed by atoms with E-state index in [-0.39, 0.29) is 43.6 Å². The molecule has 8 nitrogen and oxygen atoms in total. The Morgan fingerprint density at radius 3 is 2.91 bits per heavy atom. The molecule has 2 atom stereocenters. The number of fused-ring (bicyclic) bond motifs is 2. The molecule has 0 fully saturated rings. The summed E-state index contributed by atoms with van der Waals surface area (Å²) >= 11 is 6.04. The van der Waals surface area contributed by atoms with Crippen LogP contribution in [0.1, 0.15) is 22.5 Å². The standard InChI is InChI=1S/C21H23ClF3N3O5/c22-14-1-2-18-13(7-14)8-15(10-32-18)26-20(29)17-9-19-28(27-17)4-3-16(11-33-19)31-6-5-30-12-21(23,24)25/h1-2,7,9,15-16H,3-6,8,10-12H2,(H,26,29)/t15-,16?/m1/s1. The smallest absolute Gasteiger partial charge is 0.411 e. The molecule has 1 unspecified atom stereocenters. The predicted octanol–water partition coefficient (Wildman–Crippen LogP) is 3.02. The van der Waals surface area contributed by atoms with Crippen molar-refractivity contribution in [3.63, 3.8) is 0 Å². The molecular formula is C21H23ClF3N3O5. The van der Waals surface area contributed by atoms with Gasteiger partial charge in [-0.2, -0.15) is 18.3 Å². The fourth-order valence-corrected chi connectivity index (χ4v) is 3.82. The van der Waals surface area contributed by atoms with Crippen LogP contribution in [0.15, 0.2) is 24.3 Å². The first-order valence-corrected chi connectivity index (χ1v) is 10.8. The topological polar surface area (TPSA) is 83.8 Å². The highest BCUT2D eigenvalue weighted by atomic mass is 35.5. The number of carbonyl (C=O) groups is 1. The molecule has 0 saturated heterocycles. The first kappa shape index (κ1) is 23.7. The van der Waals surface area contributed by atoms with Crippen LogP contribution in [0.4, 0.5) is 13.2 Å². The lowest BCUT2D eigenvalue weighted by atomic mass is 10.0. The number of carbonyl (C=O) groups excluding carboxylic acids is 1. The fraction of sp³-hybridized carbons (Fsp3) is 0.524. The zero-order valence-corrected chi connectivity index (χ0v) is 18.3. The zero-order chi connectivity index (χ0) is 23.4. The molecule has 2 aliphatic rings. The lowest BCUT2D eigenvalue weighted by Crippen LogP contribution is -2.42. The normalized spacial score (nSPS) is 20.1. The lowest BCUT2D eigenvalue weighted by Gasteiger charge is -2.26. The van der Waals surface area contributed by atoms with Crippen LogP contribution in [0.2, 0.25) is 5.02 Å². The van der Waals surface area contributed by atoms with Crippen molar-refractivity contribution in [1.29, 1.82) is 0 Å². The first-order chi connectivity index (χ1) is 15.8. The van der Waals surface area contributed by atoms with E-state index >= 15 is 0 Å². The molecule has 0 bridgehead atoms. The summed E-state index contributed by atoms with van der Waals surface area (Å²) in [6.07, 6.45) is -3.54. The van der Waals surface area contributed by atoms with Gasteiger partial charge in [0.15, 0.2) is 5.69 Å². The number of nitrogens with one attached hydrogen (secondary N) is 1. The van der Waals surface area contributed by atoms with Gasteiger partial charge in [0, 0.05) is 17.6 Å². The van der Waals surface area contributed by atoms with E-state index in [1.54, 1.807) is 16.8 Å². The van der Waals surface area contributed by atoms with Crippen molar-refractivity contribution in [3.05, 3.63) is 40.5 Å². The number of benzene rings is 1. The van der Waals surface area contributed by atoms with Gasteiger partial charge in [0.1, 0.15) is 25.6 Å². The Morgan fingerprint density at radius 1 is 1.24 bits per heavy atom. The van der Waals surface area contributed by atoms with Crippen LogP contribution in [-0.2, 0) is 22.4 Å². The van der Waals surface area contributed by atoms with E-state index in [1.165, 1.54) is 0 Å². The molecule has 12 heteroatoms. The number of nitrogens with zero attached hydrogens (tertiary/aromatic N) is 2. The monoisotopic (exact) mass is 489 g/mol. The lowest BCUT2D eigenvalue weighted by molar-refractivity contribution is -0.177. The molecule has 2 aliphatic heterocycles. The van der Waals surface area contributed by atoms with Gasteiger partial charge in [0.25, 0.3) is 5.91 Å². The maximum atomic E-state index is 12.7. The highest BCUT2D eigenvalue weighted by molar-refractivity contribution is 6.30.